The van der Waals surface area contributed by atoms with Crippen LogP contribution in [0.5, 0.6) is 0 Å². The Morgan fingerprint density at radius 2 is 1.94 bits per heavy atom. The second-order valence-corrected chi connectivity index (χ2v) is 10.2. The monoisotopic (exact) mass is 445 g/mol. The van der Waals surface area contributed by atoms with E-state index in [4.69, 9.17) is 5.26 Å². The molecule has 0 bridgehead atoms. The lowest BCUT2D eigenvalue weighted by atomic mass is 9.98. The molecule has 0 unspecified atom stereocenters. The lowest BCUT2D eigenvalue weighted by Crippen LogP contribution is -2.39. The number of sulfonamides is 1. The number of nitrogens with zero attached hydrogens (tertiary/aromatic N) is 4. The molecule has 7 nitrogen and oxygen atoms in total. The van der Waals surface area contributed by atoms with Crippen molar-refractivity contribution >= 4 is 20.9 Å². The van der Waals surface area contributed by atoms with Crippen LogP contribution in [0.2, 0.25) is 0 Å². The third-order valence-electron chi connectivity index (χ3n) is 6.23. The molecule has 0 radical (unpaired) electrons. The van der Waals surface area contributed by atoms with Crippen molar-refractivity contribution < 1.29 is 8.42 Å². The number of H-pyrrole nitrogens is 1. The Kier molecular flexibility index (Phi) is 5.29. The number of rotatable bonds is 5. The van der Waals surface area contributed by atoms with E-state index in [1.54, 1.807) is 22.5 Å². The molecule has 8 heteroatoms. The highest BCUT2D eigenvalue weighted by Crippen LogP contribution is 2.28. The molecule has 162 valence electrons. The number of nitrogens with one attached hydrogen (secondary N) is 1. The van der Waals surface area contributed by atoms with E-state index in [9.17, 15) is 8.42 Å². The second kappa shape index (κ2) is 8.26. The van der Waals surface area contributed by atoms with E-state index in [0.29, 0.717) is 24.6 Å². The van der Waals surface area contributed by atoms with Crippen molar-refractivity contribution in [1.82, 2.24) is 19.1 Å². The molecular formula is C24H23N5O2S. The van der Waals surface area contributed by atoms with Crippen LogP contribution in [-0.4, -0.2) is 40.6 Å². The van der Waals surface area contributed by atoms with E-state index in [-0.39, 0.29) is 4.90 Å². The molecule has 3 heterocycles. The average Bonchev–Trinajstić information content (AvgIpc) is 3.50. The van der Waals surface area contributed by atoms with Crippen molar-refractivity contribution in [2.45, 2.75) is 24.3 Å². The molecule has 0 atom stereocenters. The molecule has 0 aliphatic carbocycles. The van der Waals surface area contributed by atoms with Gasteiger partial charge in [0, 0.05) is 48.5 Å². The highest BCUT2D eigenvalue weighted by Gasteiger charge is 2.29. The van der Waals surface area contributed by atoms with Crippen LogP contribution in [0.15, 0.2) is 72.0 Å². The first-order valence-electron chi connectivity index (χ1n) is 10.6. The molecule has 1 N–H and O–H groups in total. The van der Waals surface area contributed by atoms with E-state index in [1.165, 1.54) is 17.0 Å². The van der Waals surface area contributed by atoms with Crippen LogP contribution in [0.3, 0.4) is 0 Å². The van der Waals surface area contributed by atoms with Crippen molar-refractivity contribution in [2.75, 3.05) is 13.1 Å². The molecule has 1 fully saturated rings. The predicted octanol–water partition coefficient (Wildman–Crippen LogP) is 4.00. The van der Waals surface area contributed by atoms with Gasteiger partial charge in [-0.1, -0.05) is 12.1 Å². The van der Waals surface area contributed by atoms with E-state index < -0.39 is 10.0 Å². The van der Waals surface area contributed by atoms with Crippen molar-refractivity contribution in [2.24, 2.45) is 5.92 Å². The Bertz CT molecular complexity index is 1390. The van der Waals surface area contributed by atoms with Crippen molar-refractivity contribution in [3.63, 3.8) is 0 Å². The zero-order chi connectivity index (χ0) is 22.1. The maximum absolute atomic E-state index is 13.0. The number of piperidine rings is 1. The van der Waals surface area contributed by atoms with Crippen LogP contribution in [0, 0.1) is 17.2 Å². The first-order chi connectivity index (χ1) is 15.5. The summed E-state index contributed by atoms with van der Waals surface area (Å²) in [6, 6.07) is 16.8. The first-order valence-corrected chi connectivity index (χ1v) is 12.1. The standard InChI is InChI=1S/C24H23N5O2S/c25-14-19-2-1-3-23(12-19)32(30,31)29-10-6-18(7-11-29)17-28-9-8-21-13-20(4-5-24(21)28)22-15-26-27-16-22/h1-5,8-9,12-13,15-16,18H,6-7,10-11,17H2,(H,26,27). The minimum absolute atomic E-state index is 0.194. The van der Waals surface area contributed by atoms with Gasteiger partial charge in [0.2, 0.25) is 10.0 Å². The van der Waals surface area contributed by atoms with E-state index in [1.807, 2.05) is 18.5 Å². The fourth-order valence-electron chi connectivity index (χ4n) is 4.43. The molecule has 2 aromatic carbocycles. The zero-order valence-electron chi connectivity index (χ0n) is 17.5. The molecular weight excluding hydrogens is 422 g/mol. The Morgan fingerprint density at radius 1 is 1.09 bits per heavy atom. The van der Waals surface area contributed by atoms with Crippen LogP contribution < -0.4 is 0 Å². The van der Waals surface area contributed by atoms with Crippen LogP contribution in [-0.2, 0) is 16.6 Å². The topological polar surface area (TPSA) is 94.8 Å². The number of nitriles is 1. The molecule has 4 aromatic rings. The second-order valence-electron chi connectivity index (χ2n) is 8.22. The van der Waals surface area contributed by atoms with Crippen molar-refractivity contribution in [3.8, 4) is 17.2 Å². The number of fused-ring (bicyclic) bond motifs is 1. The molecule has 0 amide bonds. The number of aromatic amines is 1. The van der Waals surface area contributed by atoms with Crippen molar-refractivity contribution in [1.29, 1.82) is 5.26 Å². The molecule has 32 heavy (non-hydrogen) atoms. The lowest BCUT2D eigenvalue weighted by Gasteiger charge is -2.31. The first kappa shape index (κ1) is 20.5. The van der Waals surface area contributed by atoms with Gasteiger partial charge < -0.3 is 4.57 Å². The molecule has 1 aliphatic heterocycles. The molecule has 0 spiro atoms. The molecule has 2 aromatic heterocycles. The van der Waals surface area contributed by atoms with Gasteiger partial charge >= 0.3 is 0 Å². The van der Waals surface area contributed by atoms with Gasteiger partial charge in [-0.2, -0.15) is 14.7 Å². The van der Waals surface area contributed by atoms with Gasteiger partial charge in [0.1, 0.15) is 0 Å². The summed E-state index contributed by atoms with van der Waals surface area (Å²) in [5, 5.41) is 17.1. The minimum Gasteiger partial charge on any atom is -0.347 e. The van der Waals surface area contributed by atoms with Gasteiger partial charge in [-0.15, -0.1) is 0 Å². The van der Waals surface area contributed by atoms with Crippen LogP contribution in [0.4, 0.5) is 0 Å². The third kappa shape index (κ3) is 3.81. The average molecular weight is 446 g/mol. The number of aromatic nitrogens is 3. The Labute approximate surface area is 187 Å². The van der Waals surface area contributed by atoms with E-state index in [0.717, 1.165) is 30.5 Å². The maximum Gasteiger partial charge on any atom is 0.243 e. The molecule has 5 rings (SSSR count). The van der Waals surface area contributed by atoms with Gasteiger partial charge in [0.15, 0.2) is 0 Å². The van der Waals surface area contributed by atoms with Crippen LogP contribution in [0.1, 0.15) is 18.4 Å². The summed E-state index contributed by atoms with van der Waals surface area (Å²) in [7, 11) is -3.57. The maximum atomic E-state index is 13.0. The normalized spacial score (nSPS) is 15.7. The van der Waals surface area contributed by atoms with Gasteiger partial charge in [-0.25, -0.2) is 8.42 Å². The van der Waals surface area contributed by atoms with Crippen molar-refractivity contribution in [3.05, 3.63) is 72.7 Å². The highest BCUT2D eigenvalue weighted by atomic mass is 32.2. The molecule has 0 saturated carbocycles. The minimum atomic E-state index is -3.57. The smallest absolute Gasteiger partial charge is 0.243 e. The van der Waals surface area contributed by atoms with Gasteiger partial charge in [0.25, 0.3) is 0 Å². The number of hydrogen-bond acceptors (Lipinski definition) is 4. The summed E-state index contributed by atoms with van der Waals surface area (Å²) in [4.78, 5) is 0.194. The van der Waals surface area contributed by atoms with Crippen LogP contribution in [0.25, 0.3) is 22.0 Å². The summed E-state index contributed by atoms with van der Waals surface area (Å²) in [5.74, 6) is 0.413. The summed E-state index contributed by atoms with van der Waals surface area (Å²) in [5.41, 5.74) is 3.73. The quantitative estimate of drug-likeness (QED) is 0.502. The number of benzene rings is 2. The highest BCUT2D eigenvalue weighted by molar-refractivity contribution is 7.89. The number of hydrogen-bond donors (Lipinski definition) is 1. The zero-order valence-corrected chi connectivity index (χ0v) is 18.3. The Balaban J connectivity index is 1.27. The lowest BCUT2D eigenvalue weighted by molar-refractivity contribution is 0.254. The van der Waals surface area contributed by atoms with E-state index in [2.05, 4.69) is 45.2 Å². The molecule has 1 aliphatic rings. The fourth-order valence-corrected chi connectivity index (χ4v) is 5.95. The summed E-state index contributed by atoms with van der Waals surface area (Å²) in [6.45, 7) is 1.85. The molecule has 1 saturated heterocycles. The van der Waals surface area contributed by atoms with E-state index >= 15 is 0 Å². The largest absolute Gasteiger partial charge is 0.347 e. The Hall–Kier alpha value is -3.41. The fraction of sp³-hybridized carbons (Fsp3) is 0.250. The van der Waals surface area contributed by atoms with Gasteiger partial charge in [-0.3, -0.25) is 5.10 Å². The summed E-state index contributed by atoms with van der Waals surface area (Å²) in [6.07, 6.45) is 7.43. The predicted molar refractivity (Wildman–Crippen MR) is 122 cm³/mol. The van der Waals surface area contributed by atoms with Gasteiger partial charge in [-0.05, 0) is 60.7 Å². The Morgan fingerprint density at radius 3 is 2.69 bits per heavy atom. The van der Waals surface area contributed by atoms with Crippen LogP contribution >= 0.6 is 0 Å². The SMILES string of the molecule is N#Cc1cccc(S(=O)(=O)N2CCC(Cn3ccc4cc(-c5cn[nH]c5)ccc43)CC2)c1. The van der Waals surface area contributed by atoms with Gasteiger partial charge in [0.05, 0.1) is 22.7 Å². The summed E-state index contributed by atoms with van der Waals surface area (Å²) < 4.78 is 29.8. The summed E-state index contributed by atoms with van der Waals surface area (Å²) >= 11 is 0. The third-order valence-corrected chi connectivity index (χ3v) is 8.13.